The maximum atomic E-state index is 12.9. The summed E-state index contributed by atoms with van der Waals surface area (Å²) in [5.41, 5.74) is 1.57. The van der Waals surface area contributed by atoms with Crippen LogP contribution in [-0.4, -0.2) is 64.6 Å². The van der Waals surface area contributed by atoms with Crippen molar-refractivity contribution in [3.05, 3.63) is 41.5 Å². The van der Waals surface area contributed by atoms with Gasteiger partial charge in [0.1, 0.15) is 5.75 Å². The first-order valence-corrected chi connectivity index (χ1v) is 13.5. The molecule has 2 aromatic carbocycles. The predicted octanol–water partition coefficient (Wildman–Crippen LogP) is 7.05. The second-order valence-corrected chi connectivity index (χ2v) is 9.30. The van der Waals surface area contributed by atoms with Gasteiger partial charge in [-0.1, -0.05) is 44.9 Å². The minimum absolute atomic E-state index is 0.0515. The largest absolute Gasteiger partial charge is 0.493 e. The third kappa shape index (κ3) is 11.0. The zero-order valence-electron chi connectivity index (χ0n) is 24.0. The van der Waals surface area contributed by atoms with E-state index in [-0.39, 0.29) is 23.8 Å². The maximum Gasteiger partial charge on any atom is 0.422 e. The highest BCUT2D eigenvalue weighted by molar-refractivity contribution is 5.93. The van der Waals surface area contributed by atoms with E-state index < -0.39 is 12.8 Å². The Kier molecular flexibility index (Phi) is 13.7. The SMILES string of the molecule is CCCCN(CCCC)CCC(=O)Nc1cc(/C=C\c2cc(OC)c(OC)c(OC)c2)ccc1OCC(F)(F)F. The molecule has 0 spiro atoms. The Morgan fingerprint density at radius 3 is 1.98 bits per heavy atom. The van der Waals surface area contributed by atoms with Crippen LogP contribution >= 0.6 is 0 Å². The molecular formula is C30H41F3N2O5. The molecule has 40 heavy (non-hydrogen) atoms. The first-order chi connectivity index (χ1) is 19.1. The number of unbranched alkanes of at least 4 members (excludes halogenated alkanes) is 2. The summed E-state index contributed by atoms with van der Waals surface area (Å²) in [6.45, 7) is 5.17. The number of anilines is 1. The van der Waals surface area contributed by atoms with Crippen molar-refractivity contribution < 1.29 is 36.9 Å². The lowest BCUT2D eigenvalue weighted by atomic mass is 10.1. The molecule has 2 rings (SSSR count). The van der Waals surface area contributed by atoms with Crippen molar-refractivity contribution >= 4 is 23.7 Å². The summed E-state index contributed by atoms with van der Waals surface area (Å²) in [4.78, 5) is 15.1. The van der Waals surface area contributed by atoms with Gasteiger partial charge in [0.2, 0.25) is 11.7 Å². The van der Waals surface area contributed by atoms with Crippen LogP contribution in [0.3, 0.4) is 0 Å². The van der Waals surface area contributed by atoms with Crippen molar-refractivity contribution in [3.8, 4) is 23.0 Å². The van der Waals surface area contributed by atoms with Gasteiger partial charge in [-0.05, 0) is 61.3 Å². The zero-order valence-corrected chi connectivity index (χ0v) is 24.0. The second kappa shape index (κ2) is 16.6. The standard InChI is InChI=1S/C30H41F3N2O5/c1-6-8-15-35(16-9-7-2)17-14-28(36)34-24-18-22(12-13-25(24)40-21-30(31,32)33)10-11-23-19-26(37-3)29(39-5)27(20-23)38-4/h10-13,18-20H,6-9,14-17,21H2,1-5H3,(H,34,36)/b11-10-. The molecule has 10 heteroatoms. The molecule has 0 aliphatic rings. The molecule has 0 aliphatic heterocycles. The number of nitrogens with one attached hydrogen (secondary N) is 1. The van der Waals surface area contributed by atoms with Gasteiger partial charge in [0.05, 0.1) is 27.0 Å². The van der Waals surface area contributed by atoms with Gasteiger partial charge in [0.15, 0.2) is 18.1 Å². The molecule has 0 fully saturated rings. The monoisotopic (exact) mass is 566 g/mol. The van der Waals surface area contributed by atoms with E-state index in [9.17, 15) is 18.0 Å². The van der Waals surface area contributed by atoms with E-state index in [4.69, 9.17) is 18.9 Å². The third-order valence-corrected chi connectivity index (χ3v) is 6.14. The van der Waals surface area contributed by atoms with Crippen molar-refractivity contribution in [2.24, 2.45) is 0 Å². The molecule has 222 valence electrons. The Morgan fingerprint density at radius 1 is 0.850 bits per heavy atom. The fourth-order valence-corrected chi connectivity index (χ4v) is 4.00. The van der Waals surface area contributed by atoms with E-state index in [0.717, 1.165) is 44.3 Å². The molecule has 0 saturated heterocycles. The van der Waals surface area contributed by atoms with Crippen LogP contribution < -0.4 is 24.3 Å². The van der Waals surface area contributed by atoms with Crippen molar-refractivity contribution in [1.29, 1.82) is 0 Å². The molecule has 0 unspecified atom stereocenters. The Balaban J connectivity index is 2.25. The maximum absolute atomic E-state index is 12.9. The number of carbonyl (C=O) groups is 1. The van der Waals surface area contributed by atoms with Crippen LogP contribution in [-0.2, 0) is 4.79 Å². The van der Waals surface area contributed by atoms with E-state index in [1.165, 1.54) is 27.4 Å². The van der Waals surface area contributed by atoms with E-state index in [0.29, 0.717) is 29.4 Å². The number of halogens is 3. The Morgan fingerprint density at radius 2 is 1.45 bits per heavy atom. The second-order valence-electron chi connectivity index (χ2n) is 9.30. The molecule has 0 saturated carbocycles. The summed E-state index contributed by atoms with van der Waals surface area (Å²) in [5, 5.41) is 2.76. The molecule has 0 aliphatic carbocycles. The van der Waals surface area contributed by atoms with Crippen LogP contribution in [0.1, 0.15) is 57.1 Å². The molecular weight excluding hydrogens is 525 g/mol. The number of ether oxygens (including phenoxy) is 4. The molecule has 1 N–H and O–H groups in total. The minimum Gasteiger partial charge on any atom is -0.493 e. The number of rotatable bonds is 17. The smallest absolute Gasteiger partial charge is 0.422 e. The van der Waals surface area contributed by atoms with Gasteiger partial charge in [-0.15, -0.1) is 0 Å². The summed E-state index contributed by atoms with van der Waals surface area (Å²) in [5.74, 6) is 1.08. The highest BCUT2D eigenvalue weighted by Crippen LogP contribution is 2.38. The van der Waals surface area contributed by atoms with Gasteiger partial charge < -0.3 is 29.2 Å². The fraction of sp³-hybridized carbons (Fsp3) is 0.500. The summed E-state index contributed by atoms with van der Waals surface area (Å²) < 4.78 is 59.7. The number of amides is 1. The number of hydrogen-bond donors (Lipinski definition) is 1. The molecule has 0 aromatic heterocycles. The van der Waals surface area contributed by atoms with Crippen LogP contribution in [0.5, 0.6) is 23.0 Å². The van der Waals surface area contributed by atoms with Crippen LogP contribution in [0.25, 0.3) is 12.2 Å². The summed E-state index contributed by atoms with van der Waals surface area (Å²) >= 11 is 0. The lowest BCUT2D eigenvalue weighted by molar-refractivity contribution is -0.153. The Hall–Kier alpha value is -3.40. The van der Waals surface area contributed by atoms with Crippen LogP contribution in [0.2, 0.25) is 0 Å². The van der Waals surface area contributed by atoms with Crippen molar-refractivity contribution in [2.45, 2.75) is 52.1 Å². The molecule has 1 amide bonds. The van der Waals surface area contributed by atoms with Crippen LogP contribution in [0, 0.1) is 0 Å². The molecule has 0 radical (unpaired) electrons. The summed E-state index contributed by atoms with van der Waals surface area (Å²) in [6, 6.07) is 8.16. The van der Waals surface area contributed by atoms with E-state index in [1.54, 1.807) is 36.4 Å². The number of hydrogen-bond acceptors (Lipinski definition) is 6. The molecule has 0 heterocycles. The van der Waals surface area contributed by atoms with Crippen molar-refractivity contribution in [3.63, 3.8) is 0 Å². The van der Waals surface area contributed by atoms with Gasteiger partial charge in [-0.2, -0.15) is 13.2 Å². The number of nitrogens with zero attached hydrogens (tertiary/aromatic N) is 1. The van der Waals surface area contributed by atoms with Crippen LogP contribution in [0.4, 0.5) is 18.9 Å². The molecule has 0 atom stereocenters. The van der Waals surface area contributed by atoms with E-state index in [1.807, 2.05) is 0 Å². The average Bonchev–Trinajstić information content (AvgIpc) is 2.93. The lowest BCUT2D eigenvalue weighted by Gasteiger charge is -2.22. The number of benzene rings is 2. The number of methoxy groups -OCH3 is 3. The highest BCUT2D eigenvalue weighted by atomic mass is 19.4. The van der Waals surface area contributed by atoms with Gasteiger partial charge >= 0.3 is 6.18 Å². The predicted molar refractivity (Wildman–Crippen MR) is 153 cm³/mol. The number of alkyl halides is 3. The molecule has 0 bridgehead atoms. The van der Waals surface area contributed by atoms with E-state index in [2.05, 4.69) is 24.1 Å². The fourth-order valence-electron chi connectivity index (χ4n) is 4.00. The van der Waals surface area contributed by atoms with Gasteiger partial charge in [0.25, 0.3) is 0 Å². The average molecular weight is 567 g/mol. The van der Waals surface area contributed by atoms with Gasteiger partial charge in [-0.3, -0.25) is 4.79 Å². The van der Waals surface area contributed by atoms with Crippen molar-refractivity contribution in [1.82, 2.24) is 4.90 Å². The lowest BCUT2D eigenvalue weighted by Crippen LogP contribution is -2.30. The minimum atomic E-state index is -4.51. The Labute approximate surface area is 235 Å². The topological polar surface area (TPSA) is 69.3 Å². The normalized spacial score (nSPS) is 11.6. The molecule has 2 aromatic rings. The quantitative estimate of drug-likeness (QED) is 0.207. The number of carbonyl (C=O) groups excluding carboxylic acids is 1. The molecule has 7 nitrogen and oxygen atoms in total. The first kappa shape index (κ1) is 32.8. The highest BCUT2D eigenvalue weighted by Gasteiger charge is 2.29. The third-order valence-electron chi connectivity index (χ3n) is 6.14. The van der Waals surface area contributed by atoms with Gasteiger partial charge in [-0.25, -0.2) is 0 Å². The van der Waals surface area contributed by atoms with Crippen molar-refractivity contribution in [2.75, 3.05) is 52.9 Å². The summed E-state index contributed by atoms with van der Waals surface area (Å²) in [7, 11) is 4.56. The van der Waals surface area contributed by atoms with Crippen LogP contribution in [0.15, 0.2) is 30.3 Å². The van der Waals surface area contributed by atoms with E-state index >= 15 is 0 Å². The first-order valence-electron chi connectivity index (χ1n) is 13.5. The Bertz CT molecular complexity index is 1070. The zero-order chi connectivity index (χ0) is 29.5. The van der Waals surface area contributed by atoms with Gasteiger partial charge in [0, 0.05) is 13.0 Å². The summed E-state index contributed by atoms with van der Waals surface area (Å²) in [6.07, 6.45) is 3.48.